The van der Waals surface area contributed by atoms with Crippen LogP contribution in [0.2, 0.25) is 0 Å². The fourth-order valence-electron chi connectivity index (χ4n) is 4.70. The minimum absolute atomic E-state index is 0.108. The number of carbonyl (C=O) groups excluding carboxylic acids is 2. The van der Waals surface area contributed by atoms with Gasteiger partial charge in [-0.25, -0.2) is 4.98 Å². The highest BCUT2D eigenvalue weighted by molar-refractivity contribution is 5.93. The van der Waals surface area contributed by atoms with Gasteiger partial charge in [0.25, 0.3) is 11.8 Å². The van der Waals surface area contributed by atoms with Crippen molar-refractivity contribution in [1.29, 1.82) is 0 Å². The number of aromatic amines is 1. The van der Waals surface area contributed by atoms with Crippen LogP contribution in [-0.4, -0.2) is 39.1 Å². The van der Waals surface area contributed by atoms with Gasteiger partial charge in [0.2, 0.25) is 11.7 Å². The number of H-pyrrole nitrogens is 1. The zero-order chi connectivity index (χ0) is 24.8. The van der Waals surface area contributed by atoms with Gasteiger partial charge in [0.05, 0.1) is 11.9 Å². The second-order valence-electron chi connectivity index (χ2n) is 9.42. The van der Waals surface area contributed by atoms with Crippen LogP contribution >= 0.6 is 0 Å². The predicted molar refractivity (Wildman–Crippen MR) is 135 cm³/mol. The van der Waals surface area contributed by atoms with Crippen LogP contribution in [0.3, 0.4) is 0 Å². The molecule has 0 saturated heterocycles. The number of oxazole rings is 1. The van der Waals surface area contributed by atoms with Gasteiger partial charge in [-0.15, -0.1) is 0 Å². The lowest BCUT2D eigenvalue weighted by atomic mass is 9.84. The number of aromatic nitrogens is 3. The van der Waals surface area contributed by atoms with Gasteiger partial charge in [0.1, 0.15) is 0 Å². The van der Waals surface area contributed by atoms with Crippen LogP contribution in [-0.2, 0) is 0 Å². The zero-order valence-electron chi connectivity index (χ0n) is 20.8. The molecule has 3 aromatic rings. The van der Waals surface area contributed by atoms with Gasteiger partial charge in [-0.3, -0.25) is 14.7 Å². The van der Waals surface area contributed by atoms with Gasteiger partial charge in [0, 0.05) is 23.2 Å². The Balaban J connectivity index is 1.44. The van der Waals surface area contributed by atoms with Gasteiger partial charge in [-0.2, -0.15) is 5.10 Å². The van der Waals surface area contributed by atoms with E-state index in [-0.39, 0.29) is 29.7 Å². The molecule has 0 aliphatic heterocycles. The Labute approximate surface area is 206 Å². The Morgan fingerprint density at radius 2 is 1.80 bits per heavy atom. The summed E-state index contributed by atoms with van der Waals surface area (Å²) >= 11 is 0. The molecule has 8 heteroatoms. The largest absolute Gasteiger partial charge is 0.431 e. The molecular weight excluding hydrogens is 442 g/mol. The van der Waals surface area contributed by atoms with Gasteiger partial charge in [0.15, 0.2) is 5.69 Å². The molecule has 2 aromatic heterocycles. The van der Waals surface area contributed by atoms with Crippen molar-refractivity contribution in [1.82, 2.24) is 25.8 Å². The maximum absolute atomic E-state index is 12.8. The zero-order valence-corrected chi connectivity index (χ0v) is 20.8. The Kier molecular flexibility index (Phi) is 8.00. The molecule has 2 heterocycles. The van der Waals surface area contributed by atoms with Gasteiger partial charge < -0.3 is 15.1 Å². The highest BCUT2D eigenvalue weighted by Gasteiger charge is 2.23. The third-order valence-corrected chi connectivity index (χ3v) is 7.00. The number of hydrogen-bond donors (Lipinski definition) is 3. The highest BCUT2D eigenvalue weighted by Crippen LogP contribution is 2.27. The summed E-state index contributed by atoms with van der Waals surface area (Å²) in [4.78, 5) is 29.5. The molecule has 1 fully saturated rings. The quantitative estimate of drug-likeness (QED) is 0.385. The lowest BCUT2D eigenvalue weighted by Crippen LogP contribution is -2.39. The van der Waals surface area contributed by atoms with E-state index in [1.807, 2.05) is 38.1 Å². The van der Waals surface area contributed by atoms with Crippen LogP contribution in [0.4, 0.5) is 0 Å². The van der Waals surface area contributed by atoms with Crippen LogP contribution in [0.15, 0.2) is 40.9 Å². The number of amides is 2. The number of nitrogens with zero attached hydrogens (tertiary/aromatic N) is 2. The molecule has 8 nitrogen and oxygen atoms in total. The van der Waals surface area contributed by atoms with E-state index in [9.17, 15) is 9.59 Å². The van der Waals surface area contributed by atoms with Gasteiger partial charge >= 0.3 is 0 Å². The summed E-state index contributed by atoms with van der Waals surface area (Å²) < 4.78 is 5.74. The molecule has 1 saturated carbocycles. The molecule has 186 valence electrons. The van der Waals surface area contributed by atoms with Crippen LogP contribution in [0.5, 0.6) is 0 Å². The first-order valence-electron chi connectivity index (χ1n) is 12.7. The van der Waals surface area contributed by atoms with Gasteiger partial charge in [-0.1, -0.05) is 45.2 Å². The van der Waals surface area contributed by atoms with Crippen LogP contribution in [0.1, 0.15) is 86.8 Å². The summed E-state index contributed by atoms with van der Waals surface area (Å²) in [5.41, 5.74) is 2.66. The standard InChI is InChI=1S/C27H35N5O3/c1-4-21(5-2)30-26(34)24-16-28-27(35-24)20-13-9-12-19(14-20)22-15-23(32-31-22)25(33)29-17(3)18-10-7-6-8-11-18/h9,12-18,21H,4-8,10-11H2,1-3H3,(H,29,33)(H,30,34)(H,31,32)/t17-/m0/s1. The van der Waals surface area contributed by atoms with Crippen LogP contribution in [0.25, 0.3) is 22.7 Å². The van der Waals surface area contributed by atoms with E-state index in [1.165, 1.54) is 38.3 Å². The molecule has 0 unspecified atom stereocenters. The Bertz CT molecular complexity index is 1140. The molecule has 0 spiro atoms. The van der Waals surface area contributed by atoms with Crippen molar-refractivity contribution in [3.8, 4) is 22.7 Å². The SMILES string of the molecule is CCC(CC)NC(=O)c1cnc(-c2cccc(-c3cc(C(=O)N[C@@H](C)C4CCCCC4)n[nH]3)c2)o1. The topological polar surface area (TPSA) is 113 Å². The molecule has 4 rings (SSSR count). The molecule has 3 N–H and O–H groups in total. The van der Waals surface area contributed by atoms with Crippen LogP contribution in [0, 0.1) is 5.92 Å². The number of benzene rings is 1. The van der Waals surface area contributed by atoms with Crippen molar-refractivity contribution in [2.75, 3.05) is 0 Å². The monoisotopic (exact) mass is 477 g/mol. The minimum Gasteiger partial charge on any atom is -0.431 e. The predicted octanol–water partition coefficient (Wildman–Crippen LogP) is 5.35. The van der Waals surface area contributed by atoms with E-state index in [0.717, 1.165) is 29.7 Å². The van der Waals surface area contributed by atoms with Crippen molar-refractivity contribution in [2.24, 2.45) is 5.92 Å². The first-order valence-corrected chi connectivity index (χ1v) is 12.7. The lowest BCUT2D eigenvalue weighted by Gasteiger charge is -2.27. The highest BCUT2D eigenvalue weighted by atomic mass is 16.4. The smallest absolute Gasteiger partial charge is 0.288 e. The van der Waals surface area contributed by atoms with E-state index in [0.29, 0.717) is 17.5 Å². The number of carbonyl (C=O) groups is 2. The third-order valence-electron chi connectivity index (χ3n) is 7.00. The first-order chi connectivity index (χ1) is 17.0. The van der Waals surface area contributed by atoms with E-state index in [1.54, 1.807) is 6.07 Å². The summed E-state index contributed by atoms with van der Waals surface area (Å²) in [7, 11) is 0. The van der Waals surface area contributed by atoms with Crippen molar-refractivity contribution in [2.45, 2.75) is 77.8 Å². The second-order valence-corrected chi connectivity index (χ2v) is 9.42. The summed E-state index contributed by atoms with van der Waals surface area (Å²) in [6, 6.07) is 9.57. The van der Waals surface area contributed by atoms with E-state index >= 15 is 0 Å². The Hall–Kier alpha value is -3.42. The fourth-order valence-corrected chi connectivity index (χ4v) is 4.70. The Morgan fingerprint density at radius 1 is 1.06 bits per heavy atom. The first kappa shape index (κ1) is 24.7. The van der Waals surface area contributed by atoms with E-state index in [2.05, 4.69) is 32.7 Å². The number of nitrogens with one attached hydrogen (secondary N) is 3. The van der Waals surface area contributed by atoms with Crippen molar-refractivity contribution in [3.05, 3.63) is 48.0 Å². The van der Waals surface area contributed by atoms with Crippen molar-refractivity contribution in [3.63, 3.8) is 0 Å². The van der Waals surface area contributed by atoms with Crippen LogP contribution < -0.4 is 10.6 Å². The Morgan fingerprint density at radius 3 is 2.54 bits per heavy atom. The molecular formula is C27H35N5O3. The molecule has 0 bridgehead atoms. The van der Waals surface area contributed by atoms with E-state index in [4.69, 9.17) is 4.42 Å². The average Bonchev–Trinajstić information content (AvgIpc) is 3.58. The molecule has 0 radical (unpaired) electrons. The van der Waals surface area contributed by atoms with Crippen molar-refractivity contribution >= 4 is 11.8 Å². The molecule has 1 aliphatic carbocycles. The summed E-state index contributed by atoms with van der Waals surface area (Å²) in [5, 5.41) is 13.3. The fraction of sp³-hybridized carbons (Fsp3) is 0.481. The number of rotatable bonds is 9. The number of hydrogen-bond acceptors (Lipinski definition) is 5. The minimum atomic E-state index is -0.264. The molecule has 1 aliphatic rings. The molecule has 35 heavy (non-hydrogen) atoms. The maximum Gasteiger partial charge on any atom is 0.288 e. The van der Waals surface area contributed by atoms with Crippen molar-refractivity contribution < 1.29 is 14.0 Å². The molecule has 1 atom stereocenters. The lowest BCUT2D eigenvalue weighted by molar-refractivity contribution is 0.0902. The maximum atomic E-state index is 12.8. The average molecular weight is 478 g/mol. The van der Waals surface area contributed by atoms with Gasteiger partial charge in [-0.05, 0) is 56.7 Å². The third kappa shape index (κ3) is 5.99. The summed E-state index contributed by atoms with van der Waals surface area (Å²) in [6.07, 6.45) is 9.27. The normalized spacial score (nSPS) is 15.2. The van der Waals surface area contributed by atoms with E-state index < -0.39 is 0 Å². The summed E-state index contributed by atoms with van der Waals surface area (Å²) in [5.74, 6) is 0.651. The summed E-state index contributed by atoms with van der Waals surface area (Å²) in [6.45, 7) is 6.15. The molecule has 1 aromatic carbocycles. The molecule has 2 amide bonds. The second kappa shape index (κ2) is 11.3.